The summed E-state index contributed by atoms with van der Waals surface area (Å²) in [7, 11) is 1.82. The number of hydrogen-bond acceptors (Lipinski definition) is 2. The summed E-state index contributed by atoms with van der Waals surface area (Å²) in [5.41, 5.74) is 4.84. The minimum absolute atomic E-state index is 0. The highest BCUT2D eigenvalue weighted by Gasteiger charge is 2.29. The number of nitrogens with zero attached hydrogens (tertiary/aromatic N) is 2. The van der Waals surface area contributed by atoms with Gasteiger partial charge < -0.3 is 15.5 Å². The Morgan fingerprint density at radius 1 is 1.19 bits per heavy atom. The first-order valence-electron chi connectivity index (χ1n) is 9.18. The van der Waals surface area contributed by atoms with Gasteiger partial charge in [0.15, 0.2) is 5.96 Å². The molecule has 5 nitrogen and oxygen atoms in total. The fourth-order valence-corrected chi connectivity index (χ4v) is 3.90. The maximum absolute atomic E-state index is 12.2. The lowest BCUT2D eigenvalue weighted by Gasteiger charge is -2.31. The van der Waals surface area contributed by atoms with E-state index in [0.29, 0.717) is 0 Å². The van der Waals surface area contributed by atoms with Gasteiger partial charge in [-0.05, 0) is 35.6 Å². The molecule has 0 bridgehead atoms. The van der Waals surface area contributed by atoms with E-state index in [0.717, 1.165) is 49.7 Å². The van der Waals surface area contributed by atoms with Crippen molar-refractivity contribution in [3.8, 4) is 0 Å². The highest BCUT2D eigenvalue weighted by Crippen LogP contribution is 2.33. The van der Waals surface area contributed by atoms with E-state index in [1.807, 2.05) is 31.3 Å². The topological polar surface area (TPSA) is 56.7 Å². The highest BCUT2D eigenvalue weighted by molar-refractivity contribution is 14.0. The van der Waals surface area contributed by atoms with E-state index in [-0.39, 0.29) is 35.8 Å². The lowest BCUT2D eigenvalue weighted by atomic mass is 9.97. The predicted octanol–water partition coefficient (Wildman–Crippen LogP) is 3.36. The van der Waals surface area contributed by atoms with Crippen molar-refractivity contribution >= 4 is 41.5 Å². The van der Waals surface area contributed by atoms with E-state index in [2.05, 4.69) is 44.8 Å². The Morgan fingerprint density at radius 3 is 2.74 bits per heavy atom. The van der Waals surface area contributed by atoms with Gasteiger partial charge in [0.1, 0.15) is 0 Å². The summed E-state index contributed by atoms with van der Waals surface area (Å²) >= 11 is 0. The van der Waals surface area contributed by atoms with Crippen LogP contribution in [0.15, 0.2) is 53.5 Å². The number of amides is 1. The summed E-state index contributed by atoms with van der Waals surface area (Å²) in [5, 5.41) is 6.41. The number of halogens is 1. The quantitative estimate of drug-likeness (QED) is 0.406. The van der Waals surface area contributed by atoms with E-state index < -0.39 is 0 Å². The number of fused-ring (bicyclic) bond motifs is 2. The molecular formula is C21H25IN4O. The van der Waals surface area contributed by atoms with Gasteiger partial charge in [0.05, 0.1) is 5.92 Å². The molecule has 0 saturated heterocycles. The number of hydrogen-bond donors (Lipinski definition) is 2. The smallest absolute Gasteiger partial charge is 0.232 e. The third-order valence-corrected chi connectivity index (χ3v) is 5.27. The van der Waals surface area contributed by atoms with Gasteiger partial charge in [0, 0.05) is 32.4 Å². The van der Waals surface area contributed by atoms with Gasteiger partial charge in [-0.25, -0.2) is 0 Å². The van der Waals surface area contributed by atoms with Gasteiger partial charge in [0.2, 0.25) is 5.91 Å². The molecule has 0 aromatic heterocycles. The second kappa shape index (κ2) is 8.73. The zero-order valence-corrected chi connectivity index (χ0v) is 17.8. The standard InChI is InChI=1S/C21H24N4O.HI/c1-22-21(25-13-11-15-6-2-3-7-16(15)14-25)23-12-10-18-17-8-4-5-9-19(17)24-20(18)26;/h2-9,18H,10-14H2,1H3,(H,22,23)(H,24,26);1H. The Labute approximate surface area is 177 Å². The Morgan fingerprint density at radius 2 is 1.93 bits per heavy atom. The number of para-hydroxylation sites is 1. The van der Waals surface area contributed by atoms with Crippen LogP contribution in [-0.4, -0.2) is 36.9 Å². The Balaban J connectivity index is 0.00000210. The molecule has 0 radical (unpaired) electrons. The van der Waals surface area contributed by atoms with E-state index in [1.54, 1.807) is 0 Å². The van der Waals surface area contributed by atoms with Crippen LogP contribution in [-0.2, 0) is 17.8 Å². The molecule has 0 spiro atoms. The average molecular weight is 476 g/mol. The molecule has 2 aromatic carbocycles. The van der Waals surface area contributed by atoms with Crippen molar-refractivity contribution in [1.29, 1.82) is 0 Å². The van der Waals surface area contributed by atoms with Crippen molar-refractivity contribution < 1.29 is 4.79 Å². The van der Waals surface area contributed by atoms with E-state index >= 15 is 0 Å². The van der Waals surface area contributed by atoms with Crippen molar-refractivity contribution in [2.45, 2.75) is 25.3 Å². The molecule has 4 rings (SSSR count). The third-order valence-electron chi connectivity index (χ3n) is 5.27. The fourth-order valence-electron chi connectivity index (χ4n) is 3.90. The third kappa shape index (κ3) is 4.10. The van der Waals surface area contributed by atoms with Crippen molar-refractivity contribution in [1.82, 2.24) is 10.2 Å². The van der Waals surface area contributed by atoms with Crippen LogP contribution in [0.3, 0.4) is 0 Å². The monoisotopic (exact) mass is 476 g/mol. The molecule has 0 saturated carbocycles. The van der Waals surface area contributed by atoms with E-state index in [9.17, 15) is 4.79 Å². The van der Waals surface area contributed by atoms with Gasteiger partial charge in [0.25, 0.3) is 0 Å². The molecule has 2 aromatic rings. The maximum atomic E-state index is 12.2. The second-order valence-corrected chi connectivity index (χ2v) is 6.83. The summed E-state index contributed by atoms with van der Waals surface area (Å²) in [6, 6.07) is 16.5. The molecule has 2 N–H and O–H groups in total. The number of benzene rings is 2. The van der Waals surface area contributed by atoms with Crippen LogP contribution in [0.1, 0.15) is 29.0 Å². The summed E-state index contributed by atoms with van der Waals surface area (Å²) < 4.78 is 0. The van der Waals surface area contributed by atoms with Crippen LogP contribution in [0.2, 0.25) is 0 Å². The van der Waals surface area contributed by atoms with Gasteiger partial charge in [-0.1, -0.05) is 42.5 Å². The van der Waals surface area contributed by atoms with Crippen LogP contribution in [0.4, 0.5) is 5.69 Å². The number of rotatable bonds is 3. The summed E-state index contributed by atoms with van der Waals surface area (Å²) in [5.74, 6) is 0.917. The lowest BCUT2D eigenvalue weighted by molar-refractivity contribution is -0.117. The molecule has 27 heavy (non-hydrogen) atoms. The van der Waals surface area contributed by atoms with Crippen LogP contribution in [0.25, 0.3) is 0 Å². The predicted molar refractivity (Wildman–Crippen MR) is 120 cm³/mol. The summed E-state index contributed by atoms with van der Waals surface area (Å²) in [6.07, 6.45) is 1.79. The highest BCUT2D eigenvalue weighted by atomic mass is 127. The lowest BCUT2D eigenvalue weighted by Crippen LogP contribution is -2.44. The first-order valence-corrected chi connectivity index (χ1v) is 9.18. The molecule has 1 atom stereocenters. The van der Waals surface area contributed by atoms with Crippen molar-refractivity contribution in [2.75, 3.05) is 25.5 Å². The van der Waals surface area contributed by atoms with Crippen LogP contribution in [0.5, 0.6) is 0 Å². The van der Waals surface area contributed by atoms with Gasteiger partial charge >= 0.3 is 0 Å². The average Bonchev–Trinajstić information content (AvgIpc) is 3.00. The van der Waals surface area contributed by atoms with Crippen LogP contribution < -0.4 is 10.6 Å². The second-order valence-electron chi connectivity index (χ2n) is 6.83. The molecule has 1 unspecified atom stereocenters. The van der Waals surface area contributed by atoms with Gasteiger partial charge in [-0.2, -0.15) is 0 Å². The molecule has 1 amide bonds. The molecule has 2 aliphatic heterocycles. The zero-order valence-electron chi connectivity index (χ0n) is 15.4. The molecule has 0 aliphatic carbocycles. The maximum Gasteiger partial charge on any atom is 0.232 e. The van der Waals surface area contributed by atoms with Crippen LogP contribution in [0, 0.1) is 0 Å². The number of aliphatic imine (C=N–C) groups is 1. The minimum Gasteiger partial charge on any atom is -0.356 e. The fraction of sp³-hybridized carbons (Fsp3) is 0.333. The van der Waals surface area contributed by atoms with Gasteiger partial charge in [-0.15, -0.1) is 24.0 Å². The molecule has 6 heteroatoms. The van der Waals surface area contributed by atoms with Crippen molar-refractivity contribution in [2.24, 2.45) is 4.99 Å². The normalized spacial score (nSPS) is 18.3. The molecular weight excluding hydrogens is 451 g/mol. The molecule has 2 aliphatic rings. The minimum atomic E-state index is -0.0844. The molecule has 0 fully saturated rings. The van der Waals surface area contributed by atoms with Crippen molar-refractivity contribution in [3.05, 3.63) is 65.2 Å². The van der Waals surface area contributed by atoms with Crippen molar-refractivity contribution in [3.63, 3.8) is 0 Å². The Hall–Kier alpha value is -2.09. The summed E-state index contributed by atoms with van der Waals surface area (Å²) in [4.78, 5) is 19.0. The zero-order chi connectivity index (χ0) is 17.9. The number of carbonyl (C=O) groups is 1. The van der Waals surface area contributed by atoms with E-state index in [4.69, 9.17) is 0 Å². The largest absolute Gasteiger partial charge is 0.356 e. The number of nitrogens with one attached hydrogen (secondary N) is 2. The Kier molecular flexibility index (Phi) is 6.36. The first kappa shape index (κ1) is 19.7. The van der Waals surface area contributed by atoms with Crippen LogP contribution >= 0.6 is 24.0 Å². The molecule has 2 heterocycles. The van der Waals surface area contributed by atoms with E-state index in [1.165, 1.54) is 11.1 Å². The Bertz CT molecular complexity index is 852. The molecule has 142 valence electrons. The summed E-state index contributed by atoms with van der Waals surface area (Å²) in [6.45, 7) is 2.56. The number of guanidine groups is 1. The first-order chi connectivity index (χ1) is 12.8. The SMILES string of the molecule is CN=C(NCCC1C(=O)Nc2ccccc21)N1CCc2ccccc2C1.I. The van der Waals surface area contributed by atoms with Gasteiger partial charge in [-0.3, -0.25) is 9.79 Å². The number of carbonyl (C=O) groups excluding carboxylic acids is 1. The number of anilines is 1.